The lowest BCUT2D eigenvalue weighted by Gasteiger charge is -2.31. The minimum Gasteiger partial charge on any atom is -0.324 e. The fraction of sp³-hybridized carbons (Fsp3) is 0.750. The van der Waals surface area contributed by atoms with Gasteiger partial charge in [0.25, 0.3) is 0 Å². The minimum atomic E-state index is -4.78. The molecule has 1 rings (SSSR count). The molecule has 4 N–H and O–H groups in total. The zero-order valence-electron chi connectivity index (χ0n) is 8.69. The van der Waals surface area contributed by atoms with Crippen LogP contribution >= 0.6 is 15.2 Å². The Kier molecular flexibility index (Phi) is 4.17. The van der Waals surface area contributed by atoms with E-state index >= 15 is 0 Å². The predicted molar refractivity (Wildman–Crippen MR) is 59.0 cm³/mol. The van der Waals surface area contributed by atoms with Gasteiger partial charge >= 0.3 is 15.2 Å². The summed E-state index contributed by atoms with van der Waals surface area (Å²) < 4.78 is 22.3. The minimum absolute atomic E-state index is 0.375. The Morgan fingerprint density at radius 1 is 1.06 bits per heavy atom. The second-order valence-electron chi connectivity index (χ2n) is 4.18. The molecular weight excluding hydrogens is 254 g/mol. The Balaban J connectivity index is 2.91. The van der Waals surface area contributed by atoms with Crippen molar-refractivity contribution >= 4 is 15.2 Å². The molecule has 0 spiro atoms. The van der Waals surface area contributed by atoms with E-state index < -0.39 is 26.5 Å². The molecule has 8 heteroatoms. The van der Waals surface area contributed by atoms with E-state index in [0.29, 0.717) is 25.7 Å². The smallest absolute Gasteiger partial charge is 0.324 e. The Morgan fingerprint density at radius 3 is 1.75 bits per heavy atom. The molecular formula is C8H16O6P2. The van der Waals surface area contributed by atoms with Gasteiger partial charge in [0.1, 0.15) is 0 Å². The average Bonchev–Trinajstić information content (AvgIpc) is 2.03. The van der Waals surface area contributed by atoms with Gasteiger partial charge in [0.2, 0.25) is 0 Å². The van der Waals surface area contributed by atoms with Crippen molar-refractivity contribution in [2.24, 2.45) is 5.92 Å². The molecule has 0 bridgehead atoms. The first-order valence-electron chi connectivity index (χ1n) is 4.89. The standard InChI is InChI=1S/C8H16O6P2/c1-6-2-4-7(5-3-6)8(15(9,10)11)16(12,13)14/h7-8H,1-5H2,(H2,9,10,11)(H2,12,13,14). The topological polar surface area (TPSA) is 115 Å². The molecule has 0 unspecified atom stereocenters. The molecule has 0 heterocycles. The summed E-state index contributed by atoms with van der Waals surface area (Å²) in [4.78, 5) is 36.1. The van der Waals surface area contributed by atoms with Crippen molar-refractivity contribution in [3.63, 3.8) is 0 Å². The highest BCUT2D eigenvalue weighted by molar-refractivity contribution is 7.70. The van der Waals surface area contributed by atoms with Crippen LogP contribution < -0.4 is 0 Å². The van der Waals surface area contributed by atoms with Crippen LogP contribution in [0.2, 0.25) is 0 Å². The second-order valence-corrected chi connectivity index (χ2v) is 8.06. The molecule has 0 amide bonds. The average molecular weight is 270 g/mol. The van der Waals surface area contributed by atoms with Crippen LogP contribution in [0, 0.1) is 5.92 Å². The van der Waals surface area contributed by atoms with Crippen LogP contribution in [-0.4, -0.2) is 25.0 Å². The van der Waals surface area contributed by atoms with Crippen molar-refractivity contribution in [2.45, 2.75) is 31.1 Å². The lowest BCUT2D eigenvalue weighted by molar-refractivity contribution is 0.298. The van der Waals surface area contributed by atoms with Crippen LogP contribution in [0.4, 0.5) is 0 Å². The molecule has 0 saturated heterocycles. The quantitative estimate of drug-likeness (QED) is 0.455. The lowest BCUT2D eigenvalue weighted by Crippen LogP contribution is -2.24. The second kappa shape index (κ2) is 4.73. The first-order valence-corrected chi connectivity index (χ1v) is 8.26. The zero-order chi connectivity index (χ0) is 12.6. The molecule has 0 aromatic rings. The molecule has 0 aromatic heterocycles. The maximum Gasteiger partial charge on any atom is 0.340 e. The Morgan fingerprint density at radius 2 is 1.44 bits per heavy atom. The van der Waals surface area contributed by atoms with Gasteiger partial charge in [0, 0.05) is 0 Å². The van der Waals surface area contributed by atoms with E-state index in [4.69, 9.17) is 19.6 Å². The molecule has 1 fully saturated rings. The van der Waals surface area contributed by atoms with Crippen LogP contribution in [0.25, 0.3) is 0 Å². The fourth-order valence-electron chi connectivity index (χ4n) is 2.09. The Bertz CT molecular complexity index is 335. The van der Waals surface area contributed by atoms with Gasteiger partial charge in [-0.25, -0.2) is 0 Å². The third-order valence-electron chi connectivity index (χ3n) is 2.85. The van der Waals surface area contributed by atoms with Gasteiger partial charge < -0.3 is 19.6 Å². The van der Waals surface area contributed by atoms with Crippen molar-refractivity contribution < 1.29 is 28.7 Å². The van der Waals surface area contributed by atoms with Crippen molar-refractivity contribution in [2.75, 3.05) is 0 Å². The molecule has 0 atom stereocenters. The van der Waals surface area contributed by atoms with E-state index in [-0.39, 0.29) is 0 Å². The van der Waals surface area contributed by atoms with Crippen LogP contribution in [-0.2, 0) is 9.13 Å². The molecule has 1 saturated carbocycles. The van der Waals surface area contributed by atoms with Gasteiger partial charge in [0.15, 0.2) is 5.40 Å². The van der Waals surface area contributed by atoms with E-state index in [2.05, 4.69) is 6.58 Å². The summed E-state index contributed by atoms with van der Waals surface area (Å²) in [6.07, 6.45) is 1.89. The largest absolute Gasteiger partial charge is 0.340 e. The third-order valence-corrected chi connectivity index (χ3v) is 6.87. The molecule has 0 aromatic carbocycles. The highest BCUT2D eigenvalue weighted by Crippen LogP contribution is 2.64. The zero-order valence-corrected chi connectivity index (χ0v) is 10.5. The van der Waals surface area contributed by atoms with E-state index in [1.54, 1.807) is 0 Å². The molecule has 1 aliphatic carbocycles. The van der Waals surface area contributed by atoms with E-state index in [0.717, 1.165) is 5.57 Å². The van der Waals surface area contributed by atoms with Gasteiger partial charge in [0.05, 0.1) is 0 Å². The number of allylic oxidation sites excluding steroid dienone is 1. The van der Waals surface area contributed by atoms with Crippen molar-refractivity contribution in [3.05, 3.63) is 12.2 Å². The summed E-state index contributed by atoms with van der Waals surface area (Å²) in [5.74, 6) is -0.632. The highest BCUT2D eigenvalue weighted by Gasteiger charge is 2.48. The summed E-state index contributed by atoms with van der Waals surface area (Å²) in [6, 6.07) is 0. The van der Waals surface area contributed by atoms with Gasteiger partial charge in [-0.2, -0.15) is 0 Å². The van der Waals surface area contributed by atoms with Crippen molar-refractivity contribution in [1.82, 2.24) is 0 Å². The summed E-state index contributed by atoms with van der Waals surface area (Å²) in [5, 5.41) is -1.85. The van der Waals surface area contributed by atoms with Crippen LogP contribution in [0.1, 0.15) is 25.7 Å². The fourth-order valence-corrected chi connectivity index (χ4v) is 5.35. The molecule has 94 valence electrons. The van der Waals surface area contributed by atoms with Crippen molar-refractivity contribution in [1.29, 1.82) is 0 Å². The molecule has 16 heavy (non-hydrogen) atoms. The first kappa shape index (κ1) is 14.1. The van der Waals surface area contributed by atoms with Gasteiger partial charge in [-0.3, -0.25) is 9.13 Å². The van der Waals surface area contributed by atoms with Gasteiger partial charge in [-0.05, 0) is 31.6 Å². The van der Waals surface area contributed by atoms with Crippen LogP contribution in [0.3, 0.4) is 0 Å². The van der Waals surface area contributed by atoms with Gasteiger partial charge in [-0.15, -0.1) is 0 Å². The van der Waals surface area contributed by atoms with E-state index in [1.807, 2.05) is 0 Å². The maximum absolute atomic E-state index is 11.1. The SMILES string of the molecule is C=C1CCC(C(P(=O)(O)O)P(=O)(O)O)CC1. The van der Waals surface area contributed by atoms with Crippen LogP contribution in [0.5, 0.6) is 0 Å². The third kappa shape index (κ3) is 3.52. The monoisotopic (exact) mass is 270 g/mol. The Labute approximate surface area is 93.7 Å². The van der Waals surface area contributed by atoms with Crippen LogP contribution in [0.15, 0.2) is 12.2 Å². The lowest BCUT2D eigenvalue weighted by atomic mass is 9.88. The molecule has 6 nitrogen and oxygen atoms in total. The normalized spacial score (nSPS) is 20.4. The number of hydrogen-bond acceptors (Lipinski definition) is 2. The molecule has 0 aliphatic heterocycles. The number of rotatable bonds is 3. The van der Waals surface area contributed by atoms with E-state index in [9.17, 15) is 9.13 Å². The van der Waals surface area contributed by atoms with E-state index in [1.165, 1.54) is 0 Å². The summed E-state index contributed by atoms with van der Waals surface area (Å²) in [6.45, 7) is 3.74. The van der Waals surface area contributed by atoms with Crippen molar-refractivity contribution in [3.8, 4) is 0 Å². The number of hydrogen-bond donors (Lipinski definition) is 4. The Hall–Kier alpha value is 0.0400. The van der Waals surface area contributed by atoms with Gasteiger partial charge in [-0.1, -0.05) is 12.2 Å². The summed E-state index contributed by atoms with van der Waals surface area (Å²) in [7, 11) is -9.56. The predicted octanol–water partition coefficient (Wildman–Crippen LogP) is 1.41. The summed E-state index contributed by atoms with van der Waals surface area (Å²) in [5.41, 5.74) is 0.964. The molecule has 0 radical (unpaired) electrons. The maximum atomic E-state index is 11.1. The highest BCUT2D eigenvalue weighted by atomic mass is 31.2. The summed E-state index contributed by atoms with van der Waals surface area (Å²) >= 11 is 0. The molecule has 1 aliphatic rings. The first-order chi connectivity index (χ1) is 7.12.